The number of hydrogen-bond donors (Lipinski definition) is 3. The van der Waals surface area contributed by atoms with E-state index < -0.39 is 5.60 Å². The third kappa shape index (κ3) is 7.35. The van der Waals surface area contributed by atoms with E-state index in [9.17, 15) is 9.59 Å². The zero-order valence-corrected chi connectivity index (χ0v) is 23.8. The number of anilines is 4. The Balaban J connectivity index is 1.40. The van der Waals surface area contributed by atoms with Crippen LogP contribution >= 0.6 is 22.9 Å². The standard InChI is InChI=1S/C27H33ClN6O3S/c1-16-12-21(30-18-9-7-11-34(15-18)26(36)37-27(3,4)5)31-22(13-16)32-25-29-14-20(38-25)24(35)33-23-17(2)8-6-10-19(23)28/h6,8,10,12-14,18H,7,9,11,15H2,1-5H3,(H,33,35)(H2,29,30,31,32)/t18-/m0/s1. The third-order valence-corrected chi connectivity index (χ3v) is 7.05. The van der Waals surface area contributed by atoms with Crippen LogP contribution in [0.1, 0.15) is 54.4 Å². The van der Waals surface area contributed by atoms with Gasteiger partial charge in [0.05, 0.1) is 16.9 Å². The van der Waals surface area contributed by atoms with Crippen LogP contribution in [0.15, 0.2) is 36.5 Å². The molecule has 202 valence electrons. The minimum Gasteiger partial charge on any atom is -0.444 e. The van der Waals surface area contributed by atoms with E-state index in [1.807, 2.05) is 58.9 Å². The predicted octanol–water partition coefficient (Wildman–Crippen LogP) is 6.62. The Morgan fingerprint density at radius 3 is 2.68 bits per heavy atom. The highest BCUT2D eigenvalue weighted by Gasteiger charge is 2.28. The summed E-state index contributed by atoms with van der Waals surface area (Å²) in [6.07, 6.45) is 3.03. The SMILES string of the molecule is Cc1cc(Nc2ncc(C(=O)Nc3c(C)cccc3Cl)s2)nc(N[C@H]2CCCN(C(=O)OC(C)(C)C)C2)c1. The Kier molecular flexibility index (Phi) is 8.42. The topological polar surface area (TPSA) is 108 Å². The van der Waals surface area contributed by atoms with Gasteiger partial charge in [-0.1, -0.05) is 35.1 Å². The van der Waals surface area contributed by atoms with Gasteiger partial charge in [0.2, 0.25) is 0 Å². The first-order valence-corrected chi connectivity index (χ1v) is 13.7. The lowest BCUT2D eigenvalue weighted by molar-refractivity contribution is 0.0206. The minimum absolute atomic E-state index is 0.0573. The second-order valence-corrected chi connectivity index (χ2v) is 11.8. The average Bonchev–Trinajstić information content (AvgIpc) is 3.29. The van der Waals surface area contributed by atoms with Gasteiger partial charge in [0.1, 0.15) is 22.1 Å². The van der Waals surface area contributed by atoms with Crippen molar-refractivity contribution in [2.45, 2.75) is 59.1 Å². The molecule has 11 heteroatoms. The van der Waals surface area contributed by atoms with E-state index in [1.165, 1.54) is 17.5 Å². The minimum atomic E-state index is -0.528. The van der Waals surface area contributed by atoms with Crippen molar-refractivity contribution < 1.29 is 14.3 Å². The number of carbonyl (C=O) groups excluding carboxylic acids is 2. The molecule has 1 aliphatic heterocycles. The Morgan fingerprint density at radius 1 is 1.18 bits per heavy atom. The number of nitrogens with one attached hydrogen (secondary N) is 3. The number of para-hydroxylation sites is 1. The number of halogens is 1. The summed E-state index contributed by atoms with van der Waals surface area (Å²) in [6, 6.07) is 9.39. The molecule has 9 nitrogen and oxygen atoms in total. The maximum Gasteiger partial charge on any atom is 0.410 e. The maximum atomic E-state index is 12.8. The van der Waals surface area contributed by atoms with Gasteiger partial charge in [-0.3, -0.25) is 4.79 Å². The number of ether oxygens (including phenoxy) is 1. The van der Waals surface area contributed by atoms with Crippen molar-refractivity contribution in [3.05, 3.63) is 57.6 Å². The summed E-state index contributed by atoms with van der Waals surface area (Å²) in [4.78, 5) is 36.5. The number of hydrogen-bond acceptors (Lipinski definition) is 8. The van der Waals surface area contributed by atoms with Crippen molar-refractivity contribution in [2.75, 3.05) is 29.0 Å². The first-order valence-electron chi connectivity index (χ1n) is 12.5. The Morgan fingerprint density at radius 2 is 1.95 bits per heavy atom. The Bertz CT molecular complexity index is 1300. The molecule has 1 atom stereocenters. The lowest BCUT2D eigenvalue weighted by Crippen LogP contribution is -2.47. The van der Waals surface area contributed by atoms with E-state index in [-0.39, 0.29) is 18.0 Å². The number of thiazole rings is 1. The van der Waals surface area contributed by atoms with Crippen LogP contribution in [0.3, 0.4) is 0 Å². The Labute approximate surface area is 232 Å². The number of benzene rings is 1. The van der Waals surface area contributed by atoms with Gasteiger partial charge in [0.25, 0.3) is 5.91 Å². The van der Waals surface area contributed by atoms with Gasteiger partial charge in [-0.15, -0.1) is 0 Å². The number of piperidine rings is 1. The molecule has 0 aliphatic carbocycles. The van der Waals surface area contributed by atoms with Crippen LogP contribution in [0, 0.1) is 13.8 Å². The maximum absolute atomic E-state index is 12.8. The number of likely N-dealkylation sites (tertiary alicyclic amines) is 1. The van der Waals surface area contributed by atoms with Crippen LogP contribution in [-0.4, -0.2) is 51.6 Å². The number of rotatable bonds is 6. The summed E-state index contributed by atoms with van der Waals surface area (Å²) in [7, 11) is 0. The summed E-state index contributed by atoms with van der Waals surface area (Å²) < 4.78 is 5.54. The molecule has 1 aliphatic rings. The molecule has 3 heterocycles. The predicted molar refractivity (Wildman–Crippen MR) is 153 cm³/mol. The quantitative estimate of drug-likeness (QED) is 0.313. The number of aromatic nitrogens is 2. The van der Waals surface area contributed by atoms with Gasteiger partial charge in [0, 0.05) is 19.1 Å². The van der Waals surface area contributed by atoms with E-state index in [4.69, 9.17) is 16.3 Å². The largest absolute Gasteiger partial charge is 0.444 e. The molecular formula is C27H33ClN6O3S. The van der Waals surface area contributed by atoms with Crippen LogP contribution in [0.25, 0.3) is 0 Å². The average molecular weight is 557 g/mol. The fourth-order valence-corrected chi connectivity index (χ4v) is 5.10. The first-order chi connectivity index (χ1) is 18.0. The van der Waals surface area contributed by atoms with Gasteiger partial charge in [-0.2, -0.15) is 0 Å². The second kappa shape index (κ2) is 11.6. The highest BCUT2D eigenvalue weighted by Crippen LogP contribution is 2.28. The summed E-state index contributed by atoms with van der Waals surface area (Å²) in [5.74, 6) is 1.03. The van der Waals surface area contributed by atoms with Crippen LogP contribution < -0.4 is 16.0 Å². The zero-order chi connectivity index (χ0) is 27.4. The number of pyridine rings is 1. The summed E-state index contributed by atoms with van der Waals surface area (Å²) >= 11 is 7.47. The molecule has 0 spiro atoms. The van der Waals surface area contributed by atoms with E-state index in [2.05, 4.69) is 25.9 Å². The molecule has 0 bridgehead atoms. The molecule has 1 aromatic carbocycles. The number of amides is 2. The Hall–Kier alpha value is -3.37. The molecule has 1 saturated heterocycles. The lowest BCUT2D eigenvalue weighted by Gasteiger charge is -2.34. The molecule has 2 amide bonds. The lowest BCUT2D eigenvalue weighted by atomic mass is 10.1. The molecule has 3 N–H and O–H groups in total. The van der Waals surface area contributed by atoms with Crippen molar-refractivity contribution in [1.82, 2.24) is 14.9 Å². The fourth-order valence-electron chi connectivity index (χ4n) is 4.11. The van der Waals surface area contributed by atoms with Crippen molar-refractivity contribution in [1.29, 1.82) is 0 Å². The van der Waals surface area contributed by atoms with Gasteiger partial charge in [0.15, 0.2) is 5.13 Å². The zero-order valence-electron chi connectivity index (χ0n) is 22.2. The molecule has 1 fully saturated rings. The fraction of sp³-hybridized carbons (Fsp3) is 0.407. The third-order valence-electron chi connectivity index (χ3n) is 5.82. The smallest absolute Gasteiger partial charge is 0.410 e. The van der Waals surface area contributed by atoms with E-state index in [1.54, 1.807) is 11.0 Å². The van der Waals surface area contributed by atoms with Gasteiger partial charge in [-0.05, 0) is 76.8 Å². The number of nitrogens with zero attached hydrogens (tertiary/aromatic N) is 3. The molecule has 0 unspecified atom stereocenters. The van der Waals surface area contributed by atoms with E-state index in [0.29, 0.717) is 45.4 Å². The van der Waals surface area contributed by atoms with Crippen LogP contribution in [-0.2, 0) is 4.74 Å². The number of carbonyl (C=O) groups is 2. The van der Waals surface area contributed by atoms with Crippen molar-refractivity contribution in [3.8, 4) is 0 Å². The van der Waals surface area contributed by atoms with E-state index >= 15 is 0 Å². The van der Waals surface area contributed by atoms with Crippen molar-refractivity contribution in [3.63, 3.8) is 0 Å². The van der Waals surface area contributed by atoms with E-state index in [0.717, 1.165) is 24.0 Å². The van der Waals surface area contributed by atoms with Crippen LogP contribution in [0.4, 0.5) is 27.2 Å². The highest BCUT2D eigenvalue weighted by atomic mass is 35.5. The normalized spacial score (nSPS) is 15.6. The van der Waals surface area contributed by atoms with Crippen LogP contribution in [0.5, 0.6) is 0 Å². The molecule has 0 saturated carbocycles. The molecule has 3 aromatic rings. The van der Waals surface area contributed by atoms with Gasteiger partial charge >= 0.3 is 6.09 Å². The van der Waals surface area contributed by atoms with Gasteiger partial charge < -0.3 is 25.6 Å². The van der Waals surface area contributed by atoms with Crippen molar-refractivity contribution >= 4 is 57.4 Å². The molecule has 4 rings (SSSR count). The summed E-state index contributed by atoms with van der Waals surface area (Å²) in [6.45, 7) is 10.7. The second-order valence-electron chi connectivity index (χ2n) is 10.4. The summed E-state index contributed by atoms with van der Waals surface area (Å²) in [5.41, 5.74) is 1.95. The monoisotopic (exact) mass is 556 g/mol. The molecule has 0 radical (unpaired) electrons. The number of aryl methyl sites for hydroxylation is 2. The highest BCUT2D eigenvalue weighted by molar-refractivity contribution is 7.17. The molecule has 2 aromatic heterocycles. The summed E-state index contributed by atoms with van der Waals surface area (Å²) in [5, 5.41) is 10.6. The first kappa shape index (κ1) is 27.7. The molecular weight excluding hydrogens is 524 g/mol. The molecule has 38 heavy (non-hydrogen) atoms. The van der Waals surface area contributed by atoms with Gasteiger partial charge in [-0.25, -0.2) is 14.8 Å². The van der Waals surface area contributed by atoms with Crippen LogP contribution in [0.2, 0.25) is 5.02 Å². The van der Waals surface area contributed by atoms with Crippen molar-refractivity contribution in [2.24, 2.45) is 0 Å².